The fourth-order valence-electron chi connectivity index (χ4n) is 0.256. The van der Waals surface area contributed by atoms with Crippen LogP contribution >= 0.6 is 0 Å². The van der Waals surface area contributed by atoms with Crippen molar-refractivity contribution in [3.05, 3.63) is 0 Å². The number of hydrogen-bond donors (Lipinski definition) is 0. The maximum Gasteiger partial charge on any atom is 0.511 e. The fraction of sp³-hybridized carbons (Fsp3) is 0.800. The van der Waals surface area contributed by atoms with E-state index in [1.165, 1.54) is 0 Å². The number of carbonyl (C=O) groups is 1. The second-order valence-corrected chi connectivity index (χ2v) is 1.97. The number of methoxy groups -OCH3 is 1. The third-order valence-electron chi connectivity index (χ3n) is 0.948. The van der Waals surface area contributed by atoms with Gasteiger partial charge < -0.3 is 9.47 Å². The summed E-state index contributed by atoms with van der Waals surface area (Å²) in [5.41, 5.74) is 0. The molecule has 0 N–H and O–H groups in total. The lowest BCUT2D eigenvalue weighted by atomic mass is 10.3. The van der Waals surface area contributed by atoms with E-state index >= 15 is 0 Å². The SMILES string of the molecule is COC(=O)OC(C)(F)C(F)(F)F. The molecule has 72 valence electrons. The molecule has 1 unspecified atom stereocenters. The molecule has 0 fully saturated rings. The molecular weight excluding hydrogens is 184 g/mol. The van der Waals surface area contributed by atoms with Crippen LogP contribution in [0.15, 0.2) is 0 Å². The van der Waals surface area contributed by atoms with E-state index in [-0.39, 0.29) is 6.92 Å². The average Bonchev–Trinajstić information content (AvgIpc) is 1.84. The van der Waals surface area contributed by atoms with E-state index in [1.807, 2.05) is 0 Å². The maximum atomic E-state index is 12.4. The van der Waals surface area contributed by atoms with Crippen LogP contribution in [0.1, 0.15) is 6.92 Å². The first-order chi connectivity index (χ1) is 5.20. The van der Waals surface area contributed by atoms with Gasteiger partial charge in [-0.25, -0.2) is 4.79 Å². The van der Waals surface area contributed by atoms with Crippen molar-refractivity contribution in [1.82, 2.24) is 0 Å². The van der Waals surface area contributed by atoms with E-state index in [2.05, 4.69) is 9.47 Å². The van der Waals surface area contributed by atoms with Crippen LogP contribution in [-0.2, 0) is 9.47 Å². The van der Waals surface area contributed by atoms with Crippen LogP contribution in [0.2, 0.25) is 0 Å². The lowest BCUT2D eigenvalue weighted by Crippen LogP contribution is -2.42. The molecule has 1 atom stereocenters. The molecule has 0 amide bonds. The molecule has 0 saturated heterocycles. The molecule has 12 heavy (non-hydrogen) atoms. The molecule has 7 heteroatoms. The van der Waals surface area contributed by atoms with Crippen LogP contribution in [0.25, 0.3) is 0 Å². The Balaban J connectivity index is 4.33. The molecular formula is C5H6F4O3. The second kappa shape index (κ2) is 3.16. The van der Waals surface area contributed by atoms with Gasteiger partial charge in [-0.2, -0.15) is 17.6 Å². The highest BCUT2D eigenvalue weighted by molar-refractivity contribution is 5.60. The zero-order valence-corrected chi connectivity index (χ0v) is 6.24. The summed E-state index contributed by atoms with van der Waals surface area (Å²) in [5.74, 6) is -4.01. The summed E-state index contributed by atoms with van der Waals surface area (Å²) < 4.78 is 54.2. The predicted molar refractivity (Wildman–Crippen MR) is 29.1 cm³/mol. The first-order valence-electron chi connectivity index (χ1n) is 2.73. The van der Waals surface area contributed by atoms with Crippen molar-refractivity contribution in [3.63, 3.8) is 0 Å². The zero-order valence-electron chi connectivity index (χ0n) is 6.24. The number of ether oxygens (including phenoxy) is 2. The Labute approximate surface area is 65.2 Å². The summed E-state index contributed by atoms with van der Waals surface area (Å²) in [7, 11) is 0.773. The Kier molecular flexibility index (Phi) is 2.89. The first-order valence-corrected chi connectivity index (χ1v) is 2.73. The van der Waals surface area contributed by atoms with Gasteiger partial charge in [-0.05, 0) is 0 Å². The van der Waals surface area contributed by atoms with Crippen molar-refractivity contribution in [2.75, 3.05) is 7.11 Å². The molecule has 0 aromatic carbocycles. The van der Waals surface area contributed by atoms with E-state index in [0.717, 1.165) is 7.11 Å². The monoisotopic (exact) mass is 190 g/mol. The average molecular weight is 190 g/mol. The van der Waals surface area contributed by atoms with Crippen molar-refractivity contribution in [2.45, 2.75) is 19.0 Å². The molecule has 0 bridgehead atoms. The minimum atomic E-state index is -5.26. The molecule has 0 rings (SSSR count). The Morgan fingerprint density at radius 2 is 1.67 bits per heavy atom. The third kappa shape index (κ3) is 2.55. The highest BCUT2D eigenvalue weighted by atomic mass is 19.4. The first kappa shape index (κ1) is 11.0. The van der Waals surface area contributed by atoms with Crippen LogP contribution < -0.4 is 0 Å². The molecule has 0 aliphatic heterocycles. The molecule has 0 heterocycles. The number of halogens is 4. The molecule has 3 nitrogen and oxygen atoms in total. The largest absolute Gasteiger partial charge is 0.511 e. The minimum Gasteiger partial charge on any atom is -0.438 e. The van der Waals surface area contributed by atoms with Crippen molar-refractivity contribution < 1.29 is 31.8 Å². The molecule has 0 aromatic rings. The van der Waals surface area contributed by atoms with Crippen molar-refractivity contribution in [3.8, 4) is 0 Å². The van der Waals surface area contributed by atoms with Gasteiger partial charge in [0.05, 0.1) is 7.11 Å². The highest BCUT2D eigenvalue weighted by Crippen LogP contribution is 2.34. The topological polar surface area (TPSA) is 35.5 Å². The fourth-order valence-corrected chi connectivity index (χ4v) is 0.256. The summed E-state index contributed by atoms with van der Waals surface area (Å²) in [4.78, 5) is 10.1. The van der Waals surface area contributed by atoms with Gasteiger partial charge >= 0.3 is 18.2 Å². The molecule has 0 saturated carbocycles. The van der Waals surface area contributed by atoms with E-state index in [0.29, 0.717) is 0 Å². The van der Waals surface area contributed by atoms with Crippen molar-refractivity contribution in [1.29, 1.82) is 0 Å². The number of rotatable bonds is 1. The quantitative estimate of drug-likeness (QED) is 0.468. The van der Waals surface area contributed by atoms with E-state index in [4.69, 9.17) is 0 Å². The highest BCUT2D eigenvalue weighted by Gasteiger charge is 2.56. The van der Waals surface area contributed by atoms with Crippen molar-refractivity contribution >= 4 is 6.16 Å². The third-order valence-corrected chi connectivity index (χ3v) is 0.948. The van der Waals surface area contributed by atoms with Gasteiger partial charge in [0.15, 0.2) is 0 Å². The maximum absolute atomic E-state index is 12.4. The summed E-state index contributed by atoms with van der Waals surface area (Å²) in [6.45, 7) is 0.0733. The number of alkyl halides is 4. The normalized spacial score (nSPS) is 16.5. The molecule has 0 aromatic heterocycles. The van der Waals surface area contributed by atoms with Crippen LogP contribution in [0.4, 0.5) is 22.4 Å². The van der Waals surface area contributed by atoms with Gasteiger partial charge in [-0.1, -0.05) is 0 Å². The van der Waals surface area contributed by atoms with Crippen molar-refractivity contribution in [2.24, 2.45) is 0 Å². The smallest absolute Gasteiger partial charge is 0.438 e. The second-order valence-electron chi connectivity index (χ2n) is 1.97. The zero-order chi connectivity index (χ0) is 9.99. The Hall–Kier alpha value is -1.01. The standard InChI is InChI=1S/C5H6F4O3/c1-4(6,5(7,8)9)12-3(10)11-2/h1-2H3. The van der Waals surface area contributed by atoms with Gasteiger partial charge in [-0.15, -0.1) is 0 Å². The Morgan fingerprint density at radius 3 is 1.92 bits per heavy atom. The van der Waals surface area contributed by atoms with E-state index in [9.17, 15) is 22.4 Å². The van der Waals surface area contributed by atoms with Gasteiger partial charge in [0, 0.05) is 6.92 Å². The molecule has 0 radical (unpaired) electrons. The molecule has 0 spiro atoms. The molecule has 0 aliphatic rings. The Morgan fingerprint density at radius 1 is 1.25 bits per heavy atom. The van der Waals surface area contributed by atoms with Gasteiger partial charge in [0.1, 0.15) is 0 Å². The summed E-state index contributed by atoms with van der Waals surface area (Å²) >= 11 is 0. The number of hydrogen-bond acceptors (Lipinski definition) is 3. The predicted octanol–water partition coefficient (Wildman–Crippen LogP) is 2.02. The Bertz CT molecular complexity index is 174. The number of carbonyl (C=O) groups excluding carboxylic acids is 1. The van der Waals surface area contributed by atoms with E-state index in [1.54, 1.807) is 0 Å². The van der Waals surface area contributed by atoms with Gasteiger partial charge in [0.25, 0.3) is 0 Å². The van der Waals surface area contributed by atoms with Crippen LogP contribution in [0.5, 0.6) is 0 Å². The van der Waals surface area contributed by atoms with Crippen LogP contribution in [0.3, 0.4) is 0 Å². The summed E-state index contributed by atoms with van der Waals surface area (Å²) in [6.07, 6.45) is -6.99. The minimum absolute atomic E-state index is 0.0733. The lowest BCUT2D eigenvalue weighted by molar-refractivity contribution is -0.307. The lowest BCUT2D eigenvalue weighted by Gasteiger charge is -2.22. The summed E-state index contributed by atoms with van der Waals surface area (Å²) in [5, 5.41) is 0. The molecule has 0 aliphatic carbocycles. The van der Waals surface area contributed by atoms with Gasteiger partial charge in [-0.3, -0.25) is 0 Å². The van der Waals surface area contributed by atoms with Gasteiger partial charge in [0.2, 0.25) is 0 Å². The van der Waals surface area contributed by atoms with Crippen LogP contribution in [-0.4, -0.2) is 25.3 Å². The van der Waals surface area contributed by atoms with E-state index < -0.39 is 18.2 Å². The van der Waals surface area contributed by atoms with Crippen LogP contribution in [0, 0.1) is 0 Å². The summed E-state index contributed by atoms with van der Waals surface area (Å²) in [6, 6.07) is 0.